The number of benzene rings is 11. The van der Waals surface area contributed by atoms with Gasteiger partial charge in [-0.1, -0.05) is 231 Å². The van der Waals surface area contributed by atoms with Gasteiger partial charge in [-0.3, -0.25) is 0 Å². The maximum atomic E-state index is 2.58. The van der Waals surface area contributed by atoms with Crippen molar-refractivity contribution >= 4 is 33.4 Å². The summed E-state index contributed by atoms with van der Waals surface area (Å²) in [5.41, 5.74) is 28.9. The second-order valence-electron chi connectivity index (χ2n) is 20.4. The van der Waals surface area contributed by atoms with Crippen molar-refractivity contribution in [3.63, 3.8) is 0 Å². The predicted octanol–water partition coefficient (Wildman–Crippen LogP) is 18.4. The highest BCUT2D eigenvalue weighted by Gasteiger charge is 2.55. The fraction of sp³-hybridized carbons (Fsp3) is 0.0556. The molecule has 1 unspecified atom stereocenters. The molecule has 0 aliphatic heterocycles. The van der Waals surface area contributed by atoms with E-state index >= 15 is 0 Å². The summed E-state index contributed by atoms with van der Waals surface area (Å²) in [6, 6.07) is 94.1. The number of nitrogens with zero attached hydrogens (tertiary/aromatic N) is 1. The third-order valence-corrected chi connectivity index (χ3v) is 17.1. The SMILES string of the molecule is C1=C2C(=CCC1)C1(c3ccccc32)c2ccccc2-c2ccc(N(c3ccc(-c4ccc5ccccc5c4-c4ccccc4)cc3)c3cccc4c3-c3ccccc3C43c4ccccc4-c4ccccc43)cc21. The van der Waals surface area contributed by atoms with E-state index < -0.39 is 10.8 Å². The fourth-order valence-corrected chi connectivity index (χ4v) is 14.4. The molecule has 0 heterocycles. The molecule has 0 N–H and O–H groups in total. The Bertz CT molecular complexity index is 4160. The molecule has 5 aliphatic carbocycles. The van der Waals surface area contributed by atoms with Crippen molar-refractivity contribution in [2.75, 3.05) is 4.90 Å². The number of allylic oxidation sites excluding steroid dienone is 4. The van der Waals surface area contributed by atoms with Crippen molar-refractivity contribution in [1.82, 2.24) is 0 Å². The average molecular weight is 926 g/mol. The zero-order valence-corrected chi connectivity index (χ0v) is 40.2. The number of fused-ring (bicyclic) bond motifs is 21. The normalized spacial score (nSPS) is 16.4. The number of hydrogen-bond donors (Lipinski definition) is 0. The molecule has 1 nitrogen and oxygen atoms in total. The highest BCUT2D eigenvalue weighted by molar-refractivity contribution is 6.06. The lowest BCUT2D eigenvalue weighted by Crippen LogP contribution is -2.27. The Morgan fingerprint density at radius 3 is 1.53 bits per heavy atom. The molecule has 0 aromatic heterocycles. The molecule has 0 saturated heterocycles. The largest absolute Gasteiger partial charge is 0.310 e. The molecular formula is C72H47N. The first kappa shape index (κ1) is 40.7. The summed E-state index contributed by atoms with van der Waals surface area (Å²) in [4.78, 5) is 2.58. The predicted molar refractivity (Wildman–Crippen MR) is 303 cm³/mol. The Labute approximate surface area is 426 Å². The van der Waals surface area contributed by atoms with Crippen LogP contribution in [0.1, 0.15) is 57.3 Å². The standard InChI is InChI=1S/C72H47N/c1-2-20-48(21-3-1)69-51-22-5-4-19-46(51)39-43-52(69)47-37-40-49(41-38-47)73(50-42-44-58-57-27-10-16-33-64(57)72(67(58)45-50)62-31-14-8-25-55(62)56-26-9-15-32-63(56)72)68-36-18-35-66-70(68)59-28-11-17-34-65(59)71(66)60-29-12-6-23-53(60)54-24-7-13-30-61(54)71/h1-8,10-14,16-45H,9,15H2. The lowest BCUT2D eigenvalue weighted by molar-refractivity contribution is 0.782. The zero-order valence-electron chi connectivity index (χ0n) is 40.2. The zero-order chi connectivity index (χ0) is 47.8. The van der Waals surface area contributed by atoms with Gasteiger partial charge in [-0.05, 0) is 160 Å². The lowest BCUT2D eigenvalue weighted by Gasteiger charge is -2.34. The molecule has 0 radical (unpaired) electrons. The van der Waals surface area contributed by atoms with E-state index in [1.54, 1.807) is 0 Å². The van der Waals surface area contributed by atoms with E-state index in [1.807, 2.05) is 0 Å². The molecule has 16 rings (SSSR count). The summed E-state index contributed by atoms with van der Waals surface area (Å²) < 4.78 is 0. The molecular weight excluding hydrogens is 879 g/mol. The van der Waals surface area contributed by atoms with Crippen LogP contribution in [0.3, 0.4) is 0 Å². The minimum atomic E-state index is -0.470. The van der Waals surface area contributed by atoms with Crippen molar-refractivity contribution in [2.45, 2.75) is 23.7 Å². The Morgan fingerprint density at radius 1 is 0.301 bits per heavy atom. The second kappa shape index (κ2) is 15.2. The molecule has 0 saturated carbocycles. The van der Waals surface area contributed by atoms with Gasteiger partial charge in [0.1, 0.15) is 0 Å². The molecule has 1 heteroatoms. The maximum Gasteiger partial charge on any atom is 0.0726 e. The van der Waals surface area contributed by atoms with Crippen LogP contribution >= 0.6 is 0 Å². The first-order chi connectivity index (χ1) is 36.2. The quantitative estimate of drug-likeness (QED) is 0.166. The third-order valence-electron chi connectivity index (χ3n) is 17.1. The minimum Gasteiger partial charge on any atom is -0.310 e. The topological polar surface area (TPSA) is 3.24 Å². The highest BCUT2D eigenvalue weighted by Crippen LogP contribution is 2.67. The van der Waals surface area contributed by atoms with Crippen LogP contribution < -0.4 is 4.90 Å². The van der Waals surface area contributed by atoms with Crippen molar-refractivity contribution < 1.29 is 0 Å². The molecule has 11 aromatic rings. The smallest absolute Gasteiger partial charge is 0.0726 e. The van der Waals surface area contributed by atoms with Gasteiger partial charge in [0, 0.05) is 16.9 Å². The van der Waals surface area contributed by atoms with E-state index in [1.165, 1.54) is 128 Å². The van der Waals surface area contributed by atoms with E-state index in [2.05, 4.69) is 266 Å². The van der Waals surface area contributed by atoms with Gasteiger partial charge >= 0.3 is 0 Å². The fourth-order valence-electron chi connectivity index (χ4n) is 14.4. The summed E-state index contributed by atoms with van der Waals surface area (Å²) in [6.45, 7) is 0. The van der Waals surface area contributed by atoms with Gasteiger partial charge in [0.15, 0.2) is 0 Å². The molecule has 5 aliphatic rings. The van der Waals surface area contributed by atoms with Crippen molar-refractivity contribution in [1.29, 1.82) is 0 Å². The van der Waals surface area contributed by atoms with Crippen molar-refractivity contribution in [3.05, 3.63) is 311 Å². The molecule has 0 fully saturated rings. The summed E-state index contributed by atoms with van der Waals surface area (Å²) in [5.74, 6) is 0. The van der Waals surface area contributed by atoms with E-state index in [4.69, 9.17) is 0 Å². The van der Waals surface area contributed by atoms with Crippen molar-refractivity contribution in [2.24, 2.45) is 0 Å². The Kier molecular flexibility index (Phi) is 8.49. The van der Waals surface area contributed by atoms with Crippen LogP contribution in [0, 0.1) is 0 Å². The van der Waals surface area contributed by atoms with Gasteiger partial charge in [0.2, 0.25) is 0 Å². The molecule has 73 heavy (non-hydrogen) atoms. The maximum absolute atomic E-state index is 2.58. The average Bonchev–Trinajstić information content (AvgIpc) is 4.17. The molecule has 340 valence electrons. The van der Waals surface area contributed by atoms with Crippen LogP contribution in [0.25, 0.3) is 72.0 Å². The Balaban J connectivity index is 0.962. The monoisotopic (exact) mass is 925 g/mol. The van der Waals surface area contributed by atoms with Gasteiger partial charge < -0.3 is 4.90 Å². The van der Waals surface area contributed by atoms with Crippen LogP contribution in [0.2, 0.25) is 0 Å². The summed E-state index contributed by atoms with van der Waals surface area (Å²) in [6.07, 6.45) is 7.15. The van der Waals surface area contributed by atoms with E-state index in [0.717, 1.165) is 24.2 Å². The van der Waals surface area contributed by atoms with Gasteiger partial charge in [-0.2, -0.15) is 0 Å². The number of anilines is 3. The van der Waals surface area contributed by atoms with E-state index in [0.29, 0.717) is 0 Å². The number of hydrogen-bond acceptors (Lipinski definition) is 1. The summed E-state index contributed by atoms with van der Waals surface area (Å²) in [5, 5.41) is 2.50. The Hall–Kier alpha value is -9.04. The highest BCUT2D eigenvalue weighted by atomic mass is 15.1. The van der Waals surface area contributed by atoms with E-state index in [-0.39, 0.29) is 0 Å². The van der Waals surface area contributed by atoms with Gasteiger partial charge in [-0.25, -0.2) is 0 Å². The van der Waals surface area contributed by atoms with Crippen molar-refractivity contribution in [3.8, 4) is 55.6 Å². The van der Waals surface area contributed by atoms with E-state index in [9.17, 15) is 0 Å². The third kappa shape index (κ3) is 5.31. The lowest BCUT2D eigenvalue weighted by atomic mass is 9.69. The molecule has 1 atom stereocenters. The summed E-state index contributed by atoms with van der Waals surface area (Å²) >= 11 is 0. The van der Waals surface area contributed by atoms with Crippen LogP contribution in [0.4, 0.5) is 17.1 Å². The molecule has 0 bridgehead atoms. The van der Waals surface area contributed by atoms with Gasteiger partial charge in [-0.15, -0.1) is 0 Å². The van der Waals surface area contributed by atoms with Crippen LogP contribution in [0.15, 0.2) is 266 Å². The van der Waals surface area contributed by atoms with Gasteiger partial charge in [0.05, 0.1) is 16.5 Å². The Morgan fingerprint density at radius 2 is 0.822 bits per heavy atom. The molecule has 11 aromatic carbocycles. The minimum absolute atomic E-state index is 0.434. The van der Waals surface area contributed by atoms with Gasteiger partial charge in [0.25, 0.3) is 0 Å². The first-order valence-electron chi connectivity index (χ1n) is 25.9. The van der Waals surface area contributed by atoms with Crippen LogP contribution in [0.5, 0.6) is 0 Å². The number of rotatable bonds is 5. The first-order valence-corrected chi connectivity index (χ1v) is 25.9. The molecule has 0 amide bonds. The second-order valence-corrected chi connectivity index (χ2v) is 20.4. The van der Waals surface area contributed by atoms with Crippen LogP contribution in [-0.2, 0) is 10.8 Å². The summed E-state index contributed by atoms with van der Waals surface area (Å²) in [7, 11) is 0. The van der Waals surface area contributed by atoms with Crippen LogP contribution in [-0.4, -0.2) is 0 Å². The molecule has 2 spiro atoms.